The summed E-state index contributed by atoms with van der Waals surface area (Å²) in [7, 11) is 0. The van der Waals surface area contributed by atoms with E-state index in [1.54, 1.807) is 0 Å². The van der Waals surface area contributed by atoms with Crippen LogP contribution in [0.4, 0.5) is 11.8 Å². The van der Waals surface area contributed by atoms with Crippen molar-refractivity contribution >= 4 is 11.8 Å². The lowest BCUT2D eigenvalue weighted by Gasteiger charge is -2.38. The highest BCUT2D eigenvalue weighted by atomic mass is 16.7. The second-order valence-electron chi connectivity index (χ2n) is 7.91. The van der Waals surface area contributed by atoms with Gasteiger partial charge in [-0.25, -0.2) is 4.98 Å². The molecular weight excluding hydrogens is 368 g/mol. The summed E-state index contributed by atoms with van der Waals surface area (Å²) in [6, 6.07) is 12.4. The van der Waals surface area contributed by atoms with Gasteiger partial charge in [-0.15, -0.1) is 0 Å². The molecule has 0 bridgehead atoms. The van der Waals surface area contributed by atoms with E-state index in [-0.39, 0.29) is 11.9 Å². The quantitative estimate of drug-likeness (QED) is 0.833. The molecule has 0 amide bonds. The van der Waals surface area contributed by atoms with Gasteiger partial charge in [0.05, 0.1) is 25.0 Å². The molecule has 2 aromatic rings. The second kappa shape index (κ2) is 8.26. The van der Waals surface area contributed by atoms with E-state index in [1.165, 1.54) is 0 Å². The summed E-state index contributed by atoms with van der Waals surface area (Å²) < 4.78 is 17.5. The number of hydrogen-bond donors (Lipinski definition) is 1. The number of ether oxygens (including phenoxy) is 3. The summed E-state index contributed by atoms with van der Waals surface area (Å²) in [6.45, 7) is 4.70. The first-order valence-corrected chi connectivity index (χ1v) is 10.6. The highest BCUT2D eigenvalue weighted by Crippen LogP contribution is 2.33. The lowest BCUT2D eigenvalue weighted by Crippen LogP contribution is -2.45. The predicted octanol–water partition coefficient (Wildman–Crippen LogP) is 3.08. The molecule has 0 saturated carbocycles. The van der Waals surface area contributed by atoms with E-state index in [9.17, 15) is 0 Å². The minimum Gasteiger partial charge on any atom is -0.376 e. The molecule has 0 aliphatic carbocycles. The minimum absolute atomic E-state index is 0.244. The van der Waals surface area contributed by atoms with Crippen LogP contribution in [0, 0.1) is 0 Å². The summed E-state index contributed by atoms with van der Waals surface area (Å²) in [4.78, 5) is 11.9. The lowest BCUT2D eigenvalue weighted by atomic mass is 10.0. The molecule has 1 unspecified atom stereocenters. The zero-order valence-corrected chi connectivity index (χ0v) is 16.7. The smallest absolute Gasteiger partial charge is 0.225 e. The van der Waals surface area contributed by atoms with Gasteiger partial charge >= 0.3 is 0 Å². The van der Waals surface area contributed by atoms with Gasteiger partial charge in [0.1, 0.15) is 5.82 Å². The number of hydrogen-bond acceptors (Lipinski definition) is 7. The molecule has 154 valence electrons. The third kappa shape index (κ3) is 4.22. The largest absolute Gasteiger partial charge is 0.376 e. The summed E-state index contributed by atoms with van der Waals surface area (Å²) in [5.41, 5.74) is 2.02. The van der Waals surface area contributed by atoms with Gasteiger partial charge < -0.3 is 24.4 Å². The van der Waals surface area contributed by atoms with Gasteiger partial charge in [0.2, 0.25) is 5.95 Å². The number of nitrogens with one attached hydrogen (secondary N) is 1. The molecule has 3 aliphatic heterocycles. The highest BCUT2D eigenvalue weighted by Gasteiger charge is 2.40. The normalized spacial score (nSPS) is 23.6. The molecule has 3 fully saturated rings. The Kier molecular flexibility index (Phi) is 5.35. The van der Waals surface area contributed by atoms with E-state index in [1.807, 2.05) is 18.2 Å². The molecule has 1 aromatic heterocycles. The van der Waals surface area contributed by atoms with E-state index in [0.717, 1.165) is 69.0 Å². The third-order valence-corrected chi connectivity index (χ3v) is 5.96. The van der Waals surface area contributed by atoms with Crippen molar-refractivity contribution in [3.8, 4) is 11.3 Å². The Labute approximate surface area is 171 Å². The molecular formula is C22H28N4O3. The van der Waals surface area contributed by atoms with Crippen LogP contribution in [0.5, 0.6) is 0 Å². The van der Waals surface area contributed by atoms with Crippen molar-refractivity contribution in [2.45, 2.75) is 37.6 Å². The van der Waals surface area contributed by atoms with Gasteiger partial charge in [-0.2, -0.15) is 4.98 Å². The molecule has 0 radical (unpaired) electrons. The van der Waals surface area contributed by atoms with Gasteiger partial charge in [0.15, 0.2) is 5.79 Å². The third-order valence-electron chi connectivity index (χ3n) is 5.96. The number of anilines is 2. The fourth-order valence-corrected chi connectivity index (χ4v) is 4.30. The maximum Gasteiger partial charge on any atom is 0.225 e. The van der Waals surface area contributed by atoms with Gasteiger partial charge in [0.25, 0.3) is 0 Å². The average Bonchev–Trinajstić information content (AvgIpc) is 3.46. The summed E-state index contributed by atoms with van der Waals surface area (Å²) >= 11 is 0. The van der Waals surface area contributed by atoms with Gasteiger partial charge in [-0.3, -0.25) is 0 Å². The van der Waals surface area contributed by atoms with E-state index in [2.05, 4.69) is 28.4 Å². The molecule has 1 N–H and O–H groups in total. The molecule has 3 aliphatic rings. The average molecular weight is 396 g/mol. The fraction of sp³-hybridized carbons (Fsp3) is 0.545. The molecule has 3 saturated heterocycles. The van der Waals surface area contributed by atoms with Gasteiger partial charge in [0, 0.05) is 50.7 Å². The number of rotatable bonds is 5. The van der Waals surface area contributed by atoms with Crippen molar-refractivity contribution in [2.75, 3.05) is 49.7 Å². The molecule has 1 atom stereocenters. The number of piperidine rings is 1. The molecule has 7 heteroatoms. The van der Waals surface area contributed by atoms with Crippen molar-refractivity contribution in [2.24, 2.45) is 0 Å². The molecule has 1 spiro atoms. The first kappa shape index (κ1) is 18.8. The lowest BCUT2D eigenvalue weighted by molar-refractivity contribution is -0.169. The number of benzene rings is 1. The zero-order valence-electron chi connectivity index (χ0n) is 16.7. The van der Waals surface area contributed by atoms with E-state index < -0.39 is 0 Å². The maximum atomic E-state index is 5.87. The zero-order chi connectivity index (χ0) is 19.5. The minimum atomic E-state index is -0.382. The topological polar surface area (TPSA) is 68.7 Å². The summed E-state index contributed by atoms with van der Waals surface area (Å²) in [5.74, 6) is 1.22. The van der Waals surface area contributed by atoms with Crippen LogP contribution in [0.1, 0.15) is 25.7 Å². The Hall–Kier alpha value is -2.22. The number of nitrogens with zero attached hydrogens (tertiary/aromatic N) is 3. The first-order valence-electron chi connectivity index (χ1n) is 10.6. The van der Waals surface area contributed by atoms with Crippen molar-refractivity contribution in [1.82, 2.24) is 9.97 Å². The molecule has 29 heavy (non-hydrogen) atoms. The van der Waals surface area contributed by atoms with Crippen LogP contribution >= 0.6 is 0 Å². The van der Waals surface area contributed by atoms with Crippen LogP contribution < -0.4 is 10.2 Å². The molecule has 1 aromatic carbocycles. The van der Waals surface area contributed by atoms with E-state index >= 15 is 0 Å². The summed E-state index contributed by atoms with van der Waals surface area (Å²) in [5, 5.41) is 3.40. The maximum absolute atomic E-state index is 5.87. The monoisotopic (exact) mass is 396 g/mol. The first-order chi connectivity index (χ1) is 14.3. The van der Waals surface area contributed by atoms with Gasteiger partial charge in [-0.1, -0.05) is 30.3 Å². The Balaban J connectivity index is 1.37. The standard InChI is InChI=1S/C22H28N4O3/c1-2-5-17(6-3-1)19-15-20(25-21(24-19)23-16-18-7-4-12-27-18)26-10-8-22(9-11-26)28-13-14-29-22/h1-3,5-6,15,18H,4,7-14,16H2,(H,23,24,25). The second-order valence-corrected chi connectivity index (χ2v) is 7.91. The van der Waals surface area contributed by atoms with Crippen LogP contribution in [-0.4, -0.2) is 61.3 Å². The number of aromatic nitrogens is 2. The molecule has 5 rings (SSSR count). The van der Waals surface area contributed by atoms with Crippen LogP contribution in [0.25, 0.3) is 11.3 Å². The van der Waals surface area contributed by atoms with Crippen LogP contribution in [0.15, 0.2) is 36.4 Å². The van der Waals surface area contributed by atoms with E-state index in [4.69, 9.17) is 24.2 Å². The van der Waals surface area contributed by atoms with E-state index in [0.29, 0.717) is 19.2 Å². The highest BCUT2D eigenvalue weighted by molar-refractivity contribution is 5.65. The Morgan fingerprint density at radius 3 is 2.55 bits per heavy atom. The van der Waals surface area contributed by atoms with Crippen molar-refractivity contribution < 1.29 is 14.2 Å². The van der Waals surface area contributed by atoms with Gasteiger partial charge in [-0.05, 0) is 12.8 Å². The van der Waals surface area contributed by atoms with Crippen molar-refractivity contribution in [1.29, 1.82) is 0 Å². The van der Waals surface area contributed by atoms with Crippen LogP contribution in [-0.2, 0) is 14.2 Å². The SMILES string of the molecule is c1ccc(-c2cc(N3CCC4(CC3)OCCO4)nc(NCC3CCCO3)n2)cc1. The van der Waals surface area contributed by atoms with Crippen molar-refractivity contribution in [3.05, 3.63) is 36.4 Å². The Morgan fingerprint density at radius 1 is 1.03 bits per heavy atom. The van der Waals surface area contributed by atoms with Crippen LogP contribution in [0.2, 0.25) is 0 Å². The summed E-state index contributed by atoms with van der Waals surface area (Å²) in [6.07, 6.45) is 4.18. The molecule has 4 heterocycles. The predicted molar refractivity (Wildman–Crippen MR) is 111 cm³/mol. The Bertz CT molecular complexity index is 810. The fourth-order valence-electron chi connectivity index (χ4n) is 4.30. The van der Waals surface area contributed by atoms with Crippen molar-refractivity contribution in [3.63, 3.8) is 0 Å². The van der Waals surface area contributed by atoms with Crippen LogP contribution in [0.3, 0.4) is 0 Å². The Morgan fingerprint density at radius 2 is 1.83 bits per heavy atom. The molecule has 7 nitrogen and oxygen atoms in total.